The van der Waals surface area contributed by atoms with Gasteiger partial charge in [0.2, 0.25) is 0 Å². The van der Waals surface area contributed by atoms with E-state index in [4.69, 9.17) is 4.74 Å². The molecule has 4 fully saturated rings. The predicted molar refractivity (Wildman–Crippen MR) is 93.0 cm³/mol. The van der Waals surface area contributed by atoms with Gasteiger partial charge in [-0.25, -0.2) is 0 Å². The van der Waals surface area contributed by atoms with Crippen LogP contribution in [0.1, 0.15) is 65.2 Å². The molecule has 0 unspecified atom stereocenters. The van der Waals surface area contributed by atoms with Gasteiger partial charge in [-0.15, -0.1) is 0 Å². The van der Waals surface area contributed by atoms with Crippen molar-refractivity contribution in [3.05, 3.63) is 0 Å². The Labute approximate surface area is 146 Å². The third-order valence-electron chi connectivity index (χ3n) is 8.53. The molecule has 0 amide bonds. The van der Waals surface area contributed by atoms with Gasteiger partial charge in [-0.2, -0.15) is 5.26 Å². The maximum absolute atomic E-state index is 10.4. The largest absolute Gasteiger partial charge is 0.390 e. The maximum atomic E-state index is 10.4. The molecule has 4 aliphatic rings. The Hall–Kier alpha value is -0.590. The van der Waals surface area contributed by atoms with Crippen LogP contribution in [0.15, 0.2) is 0 Å². The van der Waals surface area contributed by atoms with Crippen molar-refractivity contribution in [1.29, 1.82) is 5.26 Å². The summed E-state index contributed by atoms with van der Waals surface area (Å²) >= 11 is 0. The molecule has 4 rings (SSSR count). The Balaban J connectivity index is 1.54. The summed E-state index contributed by atoms with van der Waals surface area (Å²) in [7, 11) is 0. The normalized spacial score (nSPS) is 53.6. The second kappa shape index (κ2) is 6.29. The highest BCUT2D eigenvalue weighted by Gasteiger charge is 2.57. The van der Waals surface area contributed by atoms with E-state index in [0.29, 0.717) is 12.5 Å². The molecule has 0 saturated heterocycles. The van der Waals surface area contributed by atoms with Crippen LogP contribution >= 0.6 is 0 Å². The number of fused-ring (bicyclic) bond motifs is 5. The summed E-state index contributed by atoms with van der Waals surface area (Å²) < 4.78 is 5.87. The van der Waals surface area contributed by atoms with Gasteiger partial charge in [-0.3, -0.25) is 0 Å². The molecule has 9 atom stereocenters. The van der Waals surface area contributed by atoms with E-state index in [1.165, 1.54) is 32.1 Å². The molecule has 0 aromatic carbocycles. The third kappa shape index (κ3) is 2.44. The monoisotopic (exact) mass is 331 g/mol. The van der Waals surface area contributed by atoms with Crippen molar-refractivity contribution in [2.45, 2.75) is 77.4 Å². The van der Waals surface area contributed by atoms with Crippen LogP contribution in [-0.2, 0) is 4.74 Å². The fourth-order valence-corrected chi connectivity index (χ4v) is 7.39. The van der Waals surface area contributed by atoms with E-state index >= 15 is 0 Å². The average molecular weight is 332 g/mol. The van der Waals surface area contributed by atoms with Crippen molar-refractivity contribution in [3.63, 3.8) is 0 Å². The summed E-state index contributed by atoms with van der Waals surface area (Å²) in [5.74, 6) is 4.13. The second-order valence-corrected chi connectivity index (χ2v) is 9.27. The molecule has 0 heterocycles. The van der Waals surface area contributed by atoms with E-state index in [9.17, 15) is 10.4 Å². The van der Waals surface area contributed by atoms with Crippen LogP contribution in [0.5, 0.6) is 0 Å². The Bertz CT molecular complexity index is 514. The van der Waals surface area contributed by atoms with Gasteiger partial charge in [0.1, 0.15) is 0 Å². The van der Waals surface area contributed by atoms with Gasteiger partial charge < -0.3 is 9.84 Å². The predicted octanol–water partition coefficient (Wildman–Crippen LogP) is 4.15. The van der Waals surface area contributed by atoms with Crippen LogP contribution in [0.4, 0.5) is 0 Å². The van der Waals surface area contributed by atoms with E-state index in [1.807, 2.05) is 6.92 Å². The highest BCUT2D eigenvalue weighted by atomic mass is 16.5. The number of aliphatic hydroxyl groups is 1. The summed E-state index contributed by atoms with van der Waals surface area (Å²) in [6.45, 7) is 5.15. The lowest BCUT2D eigenvalue weighted by atomic mass is 9.49. The summed E-state index contributed by atoms with van der Waals surface area (Å²) in [5, 5.41) is 20.0. The zero-order valence-corrected chi connectivity index (χ0v) is 15.3. The number of rotatable bonds is 2. The minimum atomic E-state index is -0.258. The third-order valence-corrected chi connectivity index (χ3v) is 8.53. The van der Waals surface area contributed by atoms with Crippen LogP contribution in [0.3, 0.4) is 0 Å². The molecule has 24 heavy (non-hydrogen) atoms. The highest BCUT2D eigenvalue weighted by molar-refractivity contribution is 5.10. The van der Waals surface area contributed by atoms with E-state index in [-0.39, 0.29) is 23.5 Å². The topological polar surface area (TPSA) is 53.2 Å². The summed E-state index contributed by atoms with van der Waals surface area (Å²) in [4.78, 5) is 0. The minimum Gasteiger partial charge on any atom is -0.390 e. The van der Waals surface area contributed by atoms with Crippen molar-refractivity contribution in [1.82, 2.24) is 0 Å². The van der Waals surface area contributed by atoms with E-state index in [2.05, 4.69) is 13.0 Å². The van der Waals surface area contributed by atoms with Crippen LogP contribution in [0, 0.1) is 52.3 Å². The molecule has 3 heteroatoms. The summed E-state index contributed by atoms with van der Waals surface area (Å²) in [6, 6.07) is 2.63. The first-order valence-corrected chi connectivity index (χ1v) is 10.3. The zero-order chi connectivity index (χ0) is 16.9. The Morgan fingerprint density at radius 3 is 2.67 bits per heavy atom. The van der Waals surface area contributed by atoms with Gasteiger partial charge in [0.05, 0.1) is 24.2 Å². The minimum absolute atomic E-state index is 0.0544. The molecule has 0 aromatic heterocycles. The van der Waals surface area contributed by atoms with Crippen molar-refractivity contribution in [2.24, 2.45) is 40.9 Å². The first kappa shape index (κ1) is 16.9. The fourth-order valence-electron chi connectivity index (χ4n) is 7.39. The lowest BCUT2D eigenvalue weighted by Gasteiger charge is -2.56. The smallest absolute Gasteiger partial charge is 0.0836 e. The molecular weight excluding hydrogens is 298 g/mol. The van der Waals surface area contributed by atoms with Crippen LogP contribution < -0.4 is 0 Å². The van der Waals surface area contributed by atoms with Crippen molar-refractivity contribution >= 4 is 0 Å². The second-order valence-electron chi connectivity index (χ2n) is 9.27. The molecule has 0 aromatic rings. The Morgan fingerprint density at radius 1 is 1.08 bits per heavy atom. The number of aliphatic hydroxyl groups excluding tert-OH is 1. The van der Waals surface area contributed by atoms with E-state index in [0.717, 1.165) is 42.9 Å². The number of ether oxygens (including phenoxy) is 1. The average Bonchev–Trinajstić information content (AvgIpc) is 2.92. The van der Waals surface area contributed by atoms with Gasteiger partial charge in [0.25, 0.3) is 0 Å². The van der Waals surface area contributed by atoms with Crippen molar-refractivity contribution in [2.75, 3.05) is 6.61 Å². The molecule has 3 nitrogen and oxygen atoms in total. The molecule has 0 aliphatic heterocycles. The fraction of sp³-hybridized carbons (Fsp3) is 0.952. The van der Waals surface area contributed by atoms with Gasteiger partial charge >= 0.3 is 0 Å². The maximum Gasteiger partial charge on any atom is 0.0836 e. The number of hydrogen-bond donors (Lipinski definition) is 1. The standard InChI is InChI=1S/C21H33NO2/c1-3-24-20-11-17-13(10-19(20)23)4-6-16-15(17)8-9-21(2)14(12-22)5-7-18(16)21/h13-20,23H,3-11H2,1-2H3/t13-,14+,15-,16+,17-,18-,19-,20-,21+/m0/s1. The lowest BCUT2D eigenvalue weighted by Crippen LogP contribution is -2.51. The molecule has 0 radical (unpaired) electrons. The Morgan fingerprint density at radius 2 is 1.92 bits per heavy atom. The highest BCUT2D eigenvalue weighted by Crippen LogP contribution is 2.64. The molecule has 134 valence electrons. The lowest BCUT2D eigenvalue weighted by molar-refractivity contribution is -0.129. The van der Waals surface area contributed by atoms with Crippen molar-refractivity contribution < 1.29 is 9.84 Å². The Kier molecular flexibility index (Phi) is 4.42. The summed E-state index contributed by atoms with van der Waals surface area (Å²) in [6.07, 6.45) is 9.34. The molecule has 0 bridgehead atoms. The van der Waals surface area contributed by atoms with Gasteiger partial charge in [0, 0.05) is 6.61 Å². The molecule has 4 saturated carbocycles. The zero-order valence-electron chi connectivity index (χ0n) is 15.3. The first-order chi connectivity index (χ1) is 11.6. The number of nitrogens with zero attached hydrogens (tertiary/aromatic N) is 1. The molecular formula is C21H33NO2. The number of nitriles is 1. The molecule has 4 aliphatic carbocycles. The first-order valence-electron chi connectivity index (χ1n) is 10.3. The van der Waals surface area contributed by atoms with Crippen LogP contribution in [0.25, 0.3) is 0 Å². The van der Waals surface area contributed by atoms with Crippen molar-refractivity contribution in [3.8, 4) is 6.07 Å². The number of hydrogen-bond acceptors (Lipinski definition) is 3. The van der Waals surface area contributed by atoms with Gasteiger partial charge in [-0.1, -0.05) is 6.92 Å². The SMILES string of the molecule is CCO[C@H]1C[C@H]2[C@@H](CC[C@@H]3[C@@H]2CC[C@]2(C)[C@@H](C#N)CC[C@@H]32)C[C@@H]1O. The van der Waals surface area contributed by atoms with Gasteiger partial charge in [0.15, 0.2) is 0 Å². The van der Waals surface area contributed by atoms with Crippen LogP contribution in [0.2, 0.25) is 0 Å². The molecule has 1 N–H and O–H groups in total. The quantitative estimate of drug-likeness (QED) is 0.827. The van der Waals surface area contributed by atoms with Gasteiger partial charge in [-0.05, 0) is 93.3 Å². The van der Waals surface area contributed by atoms with E-state index < -0.39 is 0 Å². The summed E-state index contributed by atoms with van der Waals surface area (Å²) in [5.41, 5.74) is 0.274. The van der Waals surface area contributed by atoms with E-state index in [1.54, 1.807) is 0 Å². The molecule has 0 spiro atoms. The van der Waals surface area contributed by atoms with Crippen LogP contribution in [-0.4, -0.2) is 23.9 Å².